The van der Waals surface area contributed by atoms with Crippen LogP contribution in [0.3, 0.4) is 0 Å². The molecule has 0 saturated carbocycles. The molecule has 0 bridgehead atoms. The van der Waals surface area contributed by atoms with E-state index in [4.69, 9.17) is 0 Å². The Morgan fingerprint density at radius 3 is 2.24 bits per heavy atom. The summed E-state index contributed by atoms with van der Waals surface area (Å²) in [5, 5.41) is 14.0. The molecule has 9 heteroatoms. The lowest BCUT2D eigenvalue weighted by Crippen LogP contribution is -2.45. The number of piperazine rings is 1. The summed E-state index contributed by atoms with van der Waals surface area (Å²) in [5.74, 6) is -0.00371. The van der Waals surface area contributed by atoms with E-state index in [1.54, 1.807) is 12.1 Å². The zero-order chi connectivity index (χ0) is 19.4. The lowest BCUT2D eigenvalue weighted by Gasteiger charge is -2.36. The molecular formula is C20H25Cl2F3N2O2. The summed E-state index contributed by atoms with van der Waals surface area (Å²) in [7, 11) is 0. The van der Waals surface area contributed by atoms with Crippen molar-refractivity contribution in [2.24, 2.45) is 0 Å². The maximum atomic E-state index is 12.4. The van der Waals surface area contributed by atoms with Gasteiger partial charge in [-0.15, -0.1) is 38.0 Å². The van der Waals surface area contributed by atoms with Gasteiger partial charge >= 0.3 is 6.36 Å². The Bertz CT molecular complexity index is 767. The maximum Gasteiger partial charge on any atom is 0.573 e. The first-order chi connectivity index (χ1) is 12.9. The number of nitrogens with one attached hydrogen (secondary N) is 1. The number of ether oxygens (including phenoxy) is 1. The summed E-state index contributed by atoms with van der Waals surface area (Å²) in [6.45, 7) is 5.17. The molecule has 2 aromatic carbocycles. The number of halogens is 5. The number of para-hydroxylation sites is 1. The van der Waals surface area contributed by atoms with Gasteiger partial charge in [-0.2, -0.15) is 0 Å². The Morgan fingerprint density at radius 1 is 1.07 bits per heavy atom. The van der Waals surface area contributed by atoms with Crippen molar-refractivity contribution in [3.05, 3.63) is 59.2 Å². The lowest BCUT2D eigenvalue weighted by atomic mass is 9.93. The number of nitrogens with zero attached hydrogens (tertiary/aromatic N) is 1. The average molecular weight is 453 g/mol. The molecule has 1 aliphatic rings. The van der Waals surface area contributed by atoms with Gasteiger partial charge in [-0.25, -0.2) is 0 Å². The molecule has 162 valence electrons. The molecular weight excluding hydrogens is 428 g/mol. The smallest absolute Gasteiger partial charge is 0.507 e. The van der Waals surface area contributed by atoms with Crippen molar-refractivity contribution in [2.45, 2.75) is 25.7 Å². The molecule has 2 N–H and O–H groups in total. The quantitative estimate of drug-likeness (QED) is 0.690. The standard InChI is InChI=1S/C20H23F3N2O2.2ClH/c1-2-14-4-3-5-17(19(14)26)18(25-12-10-24-11-13-25)15-6-8-16(9-7-15)27-20(21,22)23;;/h3-9,18,24,26H,2,10-13H2,1H3;2*1H/t18-;;/m0../s1. The molecule has 0 unspecified atom stereocenters. The van der Waals surface area contributed by atoms with Crippen molar-refractivity contribution in [1.82, 2.24) is 10.2 Å². The zero-order valence-electron chi connectivity index (χ0n) is 15.9. The van der Waals surface area contributed by atoms with E-state index in [0.29, 0.717) is 6.42 Å². The van der Waals surface area contributed by atoms with Crippen molar-refractivity contribution in [2.75, 3.05) is 26.2 Å². The van der Waals surface area contributed by atoms with E-state index in [1.807, 2.05) is 25.1 Å². The molecule has 0 aliphatic carbocycles. The lowest BCUT2D eigenvalue weighted by molar-refractivity contribution is -0.274. The Labute approximate surface area is 180 Å². The molecule has 1 saturated heterocycles. The fraction of sp³-hybridized carbons (Fsp3) is 0.400. The molecule has 4 nitrogen and oxygen atoms in total. The van der Waals surface area contributed by atoms with Gasteiger partial charge in [-0.1, -0.05) is 37.3 Å². The van der Waals surface area contributed by atoms with E-state index >= 15 is 0 Å². The minimum absolute atomic E-state index is 0. The Hall–Kier alpha value is -1.67. The van der Waals surface area contributed by atoms with Gasteiger partial charge in [0.05, 0.1) is 6.04 Å². The van der Waals surface area contributed by atoms with Gasteiger partial charge in [0, 0.05) is 31.7 Å². The molecule has 1 aliphatic heterocycles. The second-order valence-corrected chi connectivity index (χ2v) is 6.51. The highest BCUT2D eigenvalue weighted by molar-refractivity contribution is 5.85. The molecule has 0 spiro atoms. The number of aromatic hydroxyl groups is 1. The van der Waals surface area contributed by atoms with E-state index in [2.05, 4.69) is 15.0 Å². The van der Waals surface area contributed by atoms with Gasteiger partial charge in [0.2, 0.25) is 0 Å². The van der Waals surface area contributed by atoms with E-state index in [1.165, 1.54) is 12.1 Å². The van der Waals surface area contributed by atoms with Crippen LogP contribution < -0.4 is 10.1 Å². The van der Waals surface area contributed by atoms with Crippen LogP contribution in [0.15, 0.2) is 42.5 Å². The molecule has 0 amide bonds. The van der Waals surface area contributed by atoms with Crippen LogP contribution in [0, 0.1) is 0 Å². The SMILES string of the molecule is CCc1cccc([C@H](c2ccc(OC(F)(F)F)cc2)N2CCNCC2)c1O.Cl.Cl. The minimum Gasteiger partial charge on any atom is -0.507 e. The van der Waals surface area contributed by atoms with Crippen LogP contribution in [0.1, 0.15) is 29.7 Å². The topological polar surface area (TPSA) is 44.7 Å². The van der Waals surface area contributed by atoms with Gasteiger partial charge in [0.25, 0.3) is 0 Å². The number of alkyl halides is 3. The van der Waals surface area contributed by atoms with E-state index in [9.17, 15) is 18.3 Å². The van der Waals surface area contributed by atoms with E-state index < -0.39 is 6.36 Å². The van der Waals surface area contributed by atoms with Crippen LogP contribution in [-0.2, 0) is 6.42 Å². The van der Waals surface area contributed by atoms with E-state index in [-0.39, 0.29) is 42.4 Å². The van der Waals surface area contributed by atoms with Crippen LogP contribution in [0.2, 0.25) is 0 Å². The number of benzene rings is 2. The number of phenols is 1. The maximum absolute atomic E-state index is 12.4. The number of hydrogen-bond acceptors (Lipinski definition) is 4. The van der Waals surface area contributed by atoms with Crippen molar-refractivity contribution < 1.29 is 23.0 Å². The molecule has 1 atom stereocenters. The molecule has 0 radical (unpaired) electrons. The van der Waals surface area contributed by atoms with Crippen molar-refractivity contribution in [3.63, 3.8) is 0 Å². The van der Waals surface area contributed by atoms with Gasteiger partial charge in [-0.3, -0.25) is 4.90 Å². The third kappa shape index (κ3) is 6.40. The fourth-order valence-corrected chi connectivity index (χ4v) is 3.50. The first kappa shape index (κ1) is 25.4. The number of hydrogen-bond donors (Lipinski definition) is 2. The van der Waals surface area contributed by atoms with Crippen LogP contribution >= 0.6 is 24.8 Å². The summed E-state index contributed by atoms with van der Waals surface area (Å²) >= 11 is 0. The van der Waals surface area contributed by atoms with Gasteiger partial charge in [-0.05, 0) is 29.7 Å². The van der Waals surface area contributed by atoms with Crippen molar-refractivity contribution in [1.29, 1.82) is 0 Å². The number of rotatable bonds is 5. The third-order valence-electron chi connectivity index (χ3n) is 4.77. The second kappa shape index (κ2) is 10.9. The summed E-state index contributed by atoms with van der Waals surface area (Å²) in [6.07, 6.45) is -4.01. The highest BCUT2D eigenvalue weighted by Gasteiger charge is 2.31. The number of aryl methyl sites for hydroxylation is 1. The monoisotopic (exact) mass is 452 g/mol. The fourth-order valence-electron chi connectivity index (χ4n) is 3.50. The largest absolute Gasteiger partial charge is 0.573 e. The molecule has 1 fully saturated rings. The Morgan fingerprint density at radius 2 is 1.69 bits per heavy atom. The normalized spacial score (nSPS) is 15.7. The predicted octanol–water partition coefficient (Wildman–Crippen LogP) is 4.69. The van der Waals surface area contributed by atoms with Crippen LogP contribution in [0.4, 0.5) is 13.2 Å². The van der Waals surface area contributed by atoms with Crippen molar-refractivity contribution >= 4 is 24.8 Å². The van der Waals surface area contributed by atoms with Gasteiger partial charge in [0.1, 0.15) is 11.5 Å². The Kier molecular flexibility index (Phi) is 9.55. The average Bonchev–Trinajstić information content (AvgIpc) is 2.64. The summed E-state index contributed by atoms with van der Waals surface area (Å²) < 4.78 is 41.2. The molecule has 3 rings (SSSR count). The second-order valence-electron chi connectivity index (χ2n) is 6.51. The van der Waals surface area contributed by atoms with E-state index in [0.717, 1.165) is 42.9 Å². The van der Waals surface area contributed by atoms with Crippen LogP contribution in [-0.4, -0.2) is 42.5 Å². The third-order valence-corrected chi connectivity index (χ3v) is 4.77. The highest BCUT2D eigenvalue weighted by Crippen LogP contribution is 2.37. The molecule has 29 heavy (non-hydrogen) atoms. The minimum atomic E-state index is -4.72. The first-order valence-electron chi connectivity index (χ1n) is 9.00. The zero-order valence-corrected chi connectivity index (χ0v) is 17.5. The molecule has 0 aromatic heterocycles. The van der Waals surface area contributed by atoms with Gasteiger partial charge in [0.15, 0.2) is 0 Å². The number of phenolic OH excluding ortho intramolecular Hbond substituents is 1. The summed E-state index contributed by atoms with van der Waals surface area (Å²) in [6, 6.07) is 11.3. The Balaban J connectivity index is 0.00000210. The highest BCUT2D eigenvalue weighted by atomic mass is 35.5. The molecule has 2 aromatic rings. The first-order valence-corrected chi connectivity index (χ1v) is 9.00. The van der Waals surface area contributed by atoms with Crippen LogP contribution in [0.5, 0.6) is 11.5 Å². The van der Waals surface area contributed by atoms with Crippen molar-refractivity contribution in [3.8, 4) is 11.5 Å². The molecule has 1 heterocycles. The summed E-state index contributed by atoms with van der Waals surface area (Å²) in [5.41, 5.74) is 2.43. The van der Waals surface area contributed by atoms with Crippen LogP contribution in [0.25, 0.3) is 0 Å². The van der Waals surface area contributed by atoms with Gasteiger partial charge < -0.3 is 15.2 Å². The summed E-state index contributed by atoms with van der Waals surface area (Å²) in [4.78, 5) is 2.23. The predicted molar refractivity (Wildman–Crippen MR) is 111 cm³/mol.